The van der Waals surface area contributed by atoms with Crippen molar-refractivity contribution in [1.29, 1.82) is 0 Å². The third kappa shape index (κ3) is 4.58. The summed E-state index contributed by atoms with van der Waals surface area (Å²) < 4.78 is 5.39. The lowest BCUT2D eigenvalue weighted by molar-refractivity contribution is 0.100. The number of nitrogens with one attached hydrogen (secondary N) is 1. The summed E-state index contributed by atoms with van der Waals surface area (Å²) in [7, 11) is 0. The fraction of sp³-hybridized carbons (Fsp3) is 0.500. The van der Waals surface area contributed by atoms with Gasteiger partial charge in [-0.3, -0.25) is 4.79 Å². The monoisotopic (exact) mass is 252 g/mol. The third-order valence-electron chi connectivity index (χ3n) is 2.36. The van der Waals surface area contributed by atoms with E-state index >= 15 is 0 Å². The summed E-state index contributed by atoms with van der Waals surface area (Å²) in [5, 5.41) is 3.01. The summed E-state index contributed by atoms with van der Waals surface area (Å²) in [5.74, 6) is -0.111. The van der Waals surface area contributed by atoms with E-state index in [1.807, 2.05) is 0 Å². The predicted octanol–water partition coefficient (Wildman–Crippen LogP) is 0.991. The van der Waals surface area contributed by atoms with Crippen LogP contribution < -0.4 is 16.8 Å². The van der Waals surface area contributed by atoms with Crippen LogP contribution >= 0.6 is 0 Å². The maximum Gasteiger partial charge on any atom is 0.252 e. The molecule has 1 amide bonds. The van der Waals surface area contributed by atoms with Gasteiger partial charge < -0.3 is 21.5 Å². The molecule has 0 aromatic carbocycles. The zero-order valence-corrected chi connectivity index (χ0v) is 10.6. The van der Waals surface area contributed by atoms with Crippen LogP contribution in [-0.2, 0) is 4.74 Å². The van der Waals surface area contributed by atoms with Crippen LogP contribution in [0.25, 0.3) is 0 Å². The Bertz CT molecular complexity index is 396. The molecule has 1 rings (SSSR count). The molecule has 0 saturated heterocycles. The van der Waals surface area contributed by atoms with Crippen LogP contribution in [0.3, 0.4) is 0 Å². The summed E-state index contributed by atoms with van der Waals surface area (Å²) in [5.41, 5.74) is 11.5. The number of primary amides is 1. The Balaban J connectivity index is 2.44. The van der Waals surface area contributed by atoms with Crippen molar-refractivity contribution in [3.63, 3.8) is 0 Å². The lowest BCUT2D eigenvalue weighted by atomic mass is 10.2. The molecule has 1 aromatic rings. The molecule has 1 heterocycles. The lowest BCUT2D eigenvalue weighted by Crippen LogP contribution is -2.18. The lowest BCUT2D eigenvalue weighted by Gasteiger charge is -2.09. The predicted molar refractivity (Wildman–Crippen MR) is 71.4 cm³/mol. The van der Waals surface area contributed by atoms with Crippen LogP contribution in [-0.4, -0.2) is 30.6 Å². The van der Waals surface area contributed by atoms with Gasteiger partial charge in [0.15, 0.2) is 0 Å². The number of carbonyl (C=O) groups is 1. The number of nitrogen functional groups attached to an aromatic ring is 1. The fourth-order valence-corrected chi connectivity index (χ4v) is 1.40. The number of nitrogens with two attached hydrogens (primary N) is 2. The second-order valence-electron chi connectivity index (χ2n) is 3.92. The van der Waals surface area contributed by atoms with E-state index in [4.69, 9.17) is 16.2 Å². The van der Waals surface area contributed by atoms with Gasteiger partial charge in [0.05, 0.1) is 24.1 Å². The summed E-state index contributed by atoms with van der Waals surface area (Å²) >= 11 is 0. The summed E-state index contributed by atoms with van der Waals surface area (Å²) in [6.45, 7) is 3.99. The average Bonchev–Trinajstić information content (AvgIpc) is 2.35. The van der Waals surface area contributed by atoms with E-state index in [9.17, 15) is 4.79 Å². The summed E-state index contributed by atoms with van der Waals surface area (Å²) in [6, 6.07) is 1.51. The van der Waals surface area contributed by atoms with E-state index in [-0.39, 0.29) is 0 Å². The van der Waals surface area contributed by atoms with E-state index in [0.717, 1.165) is 19.4 Å². The molecular formula is C12H20N4O2. The van der Waals surface area contributed by atoms with Gasteiger partial charge in [0.2, 0.25) is 0 Å². The maximum absolute atomic E-state index is 11.2. The van der Waals surface area contributed by atoms with Gasteiger partial charge in [-0.15, -0.1) is 0 Å². The zero-order chi connectivity index (χ0) is 13.4. The van der Waals surface area contributed by atoms with Crippen molar-refractivity contribution >= 4 is 17.4 Å². The smallest absolute Gasteiger partial charge is 0.252 e. The number of ether oxygens (including phenoxy) is 1. The van der Waals surface area contributed by atoms with E-state index in [1.165, 1.54) is 12.3 Å². The molecule has 0 aliphatic rings. The molecule has 0 saturated carbocycles. The molecule has 0 radical (unpaired) electrons. The van der Waals surface area contributed by atoms with E-state index in [1.54, 1.807) is 0 Å². The normalized spacial score (nSPS) is 10.3. The van der Waals surface area contributed by atoms with Crippen LogP contribution in [0.15, 0.2) is 12.3 Å². The van der Waals surface area contributed by atoms with Crippen LogP contribution in [0, 0.1) is 0 Å². The van der Waals surface area contributed by atoms with Gasteiger partial charge in [0.25, 0.3) is 5.91 Å². The van der Waals surface area contributed by atoms with E-state index in [2.05, 4.69) is 17.2 Å². The third-order valence-corrected chi connectivity index (χ3v) is 2.36. The first kappa shape index (κ1) is 14.2. The van der Waals surface area contributed by atoms with Crippen LogP contribution in [0.1, 0.15) is 30.1 Å². The van der Waals surface area contributed by atoms with Gasteiger partial charge >= 0.3 is 0 Å². The second-order valence-corrected chi connectivity index (χ2v) is 3.92. The Labute approximate surface area is 107 Å². The molecule has 6 heteroatoms. The first-order valence-electron chi connectivity index (χ1n) is 6.02. The maximum atomic E-state index is 11.2. The number of nitrogens with zero attached hydrogens (tertiary/aromatic N) is 1. The Morgan fingerprint density at radius 3 is 2.94 bits per heavy atom. The van der Waals surface area contributed by atoms with Crippen molar-refractivity contribution in [3.05, 3.63) is 17.8 Å². The van der Waals surface area contributed by atoms with Crippen molar-refractivity contribution in [2.75, 3.05) is 30.8 Å². The van der Waals surface area contributed by atoms with Crippen molar-refractivity contribution in [2.45, 2.75) is 19.8 Å². The molecule has 0 aliphatic carbocycles. The Morgan fingerprint density at radius 2 is 2.28 bits per heavy atom. The Kier molecular flexibility index (Phi) is 5.93. The molecule has 0 atom stereocenters. The molecule has 6 nitrogen and oxygen atoms in total. The van der Waals surface area contributed by atoms with Crippen molar-refractivity contribution in [3.8, 4) is 0 Å². The van der Waals surface area contributed by atoms with Gasteiger partial charge in [-0.05, 0) is 12.5 Å². The largest absolute Gasteiger partial charge is 0.397 e. The molecule has 18 heavy (non-hydrogen) atoms. The van der Waals surface area contributed by atoms with Gasteiger partial charge in [0.1, 0.15) is 5.82 Å². The summed E-state index contributed by atoms with van der Waals surface area (Å²) in [6.07, 6.45) is 3.64. The SMILES string of the molecule is CCCCOCCNc1ncc(N)cc1C(N)=O. The van der Waals surface area contributed by atoms with Crippen LogP contribution in [0.5, 0.6) is 0 Å². The molecule has 0 spiro atoms. The van der Waals surface area contributed by atoms with Gasteiger partial charge in [-0.2, -0.15) is 0 Å². The molecule has 1 aromatic heterocycles. The minimum atomic E-state index is -0.552. The standard InChI is InChI=1S/C12H20N4O2/c1-2-3-5-18-6-4-15-12-10(11(14)17)7-9(13)8-16-12/h7-8H,2-6,13H2,1H3,(H2,14,17)(H,15,16). The topological polar surface area (TPSA) is 103 Å². The van der Waals surface area contributed by atoms with Crippen molar-refractivity contribution in [1.82, 2.24) is 4.98 Å². The minimum absolute atomic E-state index is 0.295. The number of carbonyl (C=O) groups excluding carboxylic acids is 1. The number of anilines is 2. The molecule has 0 fully saturated rings. The highest BCUT2D eigenvalue weighted by molar-refractivity contribution is 5.98. The number of hydrogen-bond donors (Lipinski definition) is 3. The molecule has 0 bridgehead atoms. The first-order valence-corrected chi connectivity index (χ1v) is 6.02. The quantitative estimate of drug-likeness (QED) is 0.599. The van der Waals surface area contributed by atoms with Gasteiger partial charge in [-0.25, -0.2) is 4.98 Å². The minimum Gasteiger partial charge on any atom is -0.397 e. The highest BCUT2D eigenvalue weighted by Gasteiger charge is 2.09. The molecule has 100 valence electrons. The number of rotatable bonds is 8. The first-order chi connectivity index (χ1) is 8.65. The Hall–Kier alpha value is -1.82. The van der Waals surface area contributed by atoms with Crippen molar-refractivity contribution in [2.24, 2.45) is 5.73 Å². The zero-order valence-electron chi connectivity index (χ0n) is 10.6. The molecule has 0 aliphatic heterocycles. The number of amides is 1. The number of hydrogen-bond acceptors (Lipinski definition) is 5. The van der Waals surface area contributed by atoms with Crippen molar-refractivity contribution < 1.29 is 9.53 Å². The number of unbranched alkanes of at least 4 members (excludes halogenated alkanes) is 1. The van der Waals surface area contributed by atoms with Crippen LogP contribution in [0.4, 0.5) is 11.5 Å². The van der Waals surface area contributed by atoms with Gasteiger partial charge in [-0.1, -0.05) is 13.3 Å². The van der Waals surface area contributed by atoms with E-state index in [0.29, 0.717) is 30.2 Å². The molecule has 5 N–H and O–H groups in total. The Morgan fingerprint density at radius 1 is 1.50 bits per heavy atom. The highest BCUT2D eigenvalue weighted by Crippen LogP contribution is 2.14. The second kappa shape index (κ2) is 7.50. The number of aromatic nitrogens is 1. The molecule has 0 unspecified atom stereocenters. The highest BCUT2D eigenvalue weighted by atomic mass is 16.5. The average molecular weight is 252 g/mol. The number of pyridine rings is 1. The van der Waals surface area contributed by atoms with Crippen LogP contribution in [0.2, 0.25) is 0 Å². The van der Waals surface area contributed by atoms with E-state index < -0.39 is 5.91 Å². The molecular weight excluding hydrogens is 232 g/mol. The van der Waals surface area contributed by atoms with Gasteiger partial charge in [0, 0.05) is 13.2 Å². The fourth-order valence-electron chi connectivity index (χ4n) is 1.40. The summed E-state index contributed by atoms with van der Waals surface area (Å²) in [4.78, 5) is 15.2.